The third kappa shape index (κ3) is 1.14. The predicted octanol–water partition coefficient (Wildman–Crippen LogP) is -0.817. The summed E-state index contributed by atoms with van der Waals surface area (Å²) in [7, 11) is 0. The van der Waals surface area contributed by atoms with Gasteiger partial charge in [0, 0.05) is 11.4 Å². The van der Waals surface area contributed by atoms with E-state index in [-0.39, 0.29) is 11.4 Å². The van der Waals surface area contributed by atoms with Crippen LogP contribution in [-0.4, -0.2) is 16.1 Å². The maximum absolute atomic E-state index is 10.5. The average Bonchev–Trinajstić information content (AvgIpc) is 2.00. The second-order valence-corrected chi connectivity index (χ2v) is 2.32. The lowest BCUT2D eigenvalue weighted by Gasteiger charge is -1.97. The molecule has 1 aromatic rings. The van der Waals surface area contributed by atoms with Gasteiger partial charge in [-0.1, -0.05) is 13.2 Å². The van der Waals surface area contributed by atoms with Crippen molar-refractivity contribution in [1.29, 1.82) is 0 Å². The van der Waals surface area contributed by atoms with Crippen molar-refractivity contribution in [3.8, 4) is 0 Å². The number of nitrogens with zero attached hydrogens (tertiary/aromatic N) is 1. The lowest BCUT2D eigenvalue weighted by molar-refractivity contribution is 0.0695. The molecule has 4 nitrogen and oxygen atoms in total. The van der Waals surface area contributed by atoms with E-state index < -0.39 is 5.97 Å². The molecule has 4 heteroatoms. The number of carboxylic acids is 1. The van der Waals surface area contributed by atoms with Gasteiger partial charge >= 0.3 is 5.97 Å². The van der Waals surface area contributed by atoms with Crippen molar-refractivity contribution in [3.05, 3.63) is 22.2 Å². The fourth-order valence-corrected chi connectivity index (χ4v) is 0.791. The topological polar surface area (TPSA) is 76.2 Å². The fourth-order valence-electron chi connectivity index (χ4n) is 0.791. The molecule has 0 bridgehead atoms. The smallest absolute Gasteiger partial charge is 0.337 e. The highest BCUT2D eigenvalue weighted by Gasteiger charge is 2.05. The third-order valence-electron chi connectivity index (χ3n) is 1.56. The van der Waals surface area contributed by atoms with Crippen LogP contribution in [0.2, 0.25) is 0 Å². The standard InChI is InChI=1S/C8H8N2O2/c1-4-5(2)7(9)10-3-6(4)8(11)12/h3H,1-2H2,(H2,9,10)(H,11,12). The molecule has 0 aliphatic heterocycles. The van der Waals surface area contributed by atoms with E-state index in [1.54, 1.807) is 0 Å². The zero-order chi connectivity index (χ0) is 9.30. The first-order chi connectivity index (χ1) is 5.54. The van der Waals surface area contributed by atoms with E-state index in [4.69, 9.17) is 10.8 Å². The molecule has 0 aliphatic carbocycles. The number of hydrogen-bond acceptors (Lipinski definition) is 3. The van der Waals surface area contributed by atoms with Gasteiger partial charge in [-0.15, -0.1) is 0 Å². The van der Waals surface area contributed by atoms with E-state index in [0.717, 1.165) is 0 Å². The largest absolute Gasteiger partial charge is 0.478 e. The van der Waals surface area contributed by atoms with Crippen molar-refractivity contribution in [2.45, 2.75) is 0 Å². The van der Waals surface area contributed by atoms with Gasteiger partial charge in [-0.3, -0.25) is 0 Å². The molecule has 0 spiro atoms. The van der Waals surface area contributed by atoms with Crippen LogP contribution in [0.4, 0.5) is 5.82 Å². The highest BCUT2D eigenvalue weighted by atomic mass is 16.4. The minimum absolute atomic E-state index is 0.0363. The molecular weight excluding hydrogens is 156 g/mol. The Labute approximate surface area is 68.7 Å². The molecule has 0 aliphatic rings. The van der Waals surface area contributed by atoms with Crippen LogP contribution in [0.5, 0.6) is 0 Å². The molecule has 0 fully saturated rings. The van der Waals surface area contributed by atoms with E-state index in [2.05, 4.69) is 18.1 Å². The normalized spacial score (nSPS) is 9.67. The second kappa shape index (κ2) is 2.65. The predicted molar refractivity (Wildman–Crippen MR) is 45.9 cm³/mol. The molecule has 0 amide bonds. The number of pyridine rings is 1. The van der Waals surface area contributed by atoms with Crippen molar-refractivity contribution in [2.24, 2.45) is 0 Å². The number of aromatic nitrogens is 1. The number of nitrogens with two attached hydrogens (primary N) is 1. The molecule has 0 saturated heterocycles. The lowest BCUT2D eigenvalue weighted by atomic mass is 10.2. The molecule has 1 aromatic heterocycles. The summed E-state index contributed by atoms with van der Waals surface area (Å²) in [5.74, 6) is -0.859. The molecule has 3 N–H and O–H groups in total. The monoisotopic (exact) mass is 164 g/mol. The number of anilines is 1. The van der Waals surface area contributed by atoms with Crippen molar-refractivity contribution in [1.82, 2.24) is 4.98 Å². The Balaban J connectivity index is 3.59. The molecule has 0 aromatic carbocycles. The fraction of sp³-hybridized carbons (Fsp3) is 0. The molecule has 62 valence electrons. The quantitative estimate of drug-likeness (QED) is 0.568. The SMILES string of the molecule is C=c1c(C(=O)O)cnc(N)c1=C. The molecule has 0 radical (unpaired) electrons. The van der Waals surface area contributed by atoms with Crippen molar-refractivity contribution < 1.29 is 9.90 Å². The van der Waals surface area contributed by atoms with Crippen LogP contribution in [-0.2, 0) is 0 Å². The maximum atomic E-state index is 10.5. The Kier molecular flexibility index (Phi) is 1.83. The third-order valence-corrected chi connectivity index (χ3v) is 1.56. The summed E-state index contributed by atoms with van der Waals surface area (Å²) in [6, 6.07) is 0. The molecule has 1 rings (SSSR count). The van der Waals surface area contributed by atoms with Crippen molar-refractivity contribution in [2.75, 3.05) is 5.73 Å². The van der Waals surface area contributed by atoms with E-state index >= 15 is 0 Å². The summed E-state index contributed by atoms with van der Waals surface area (Å²) in [6.07, 6.45) is 1.18. The van der Waals surface area contributed by atoms with E-state index in [9.17, 15) is 4.79 Å². The van der Waals surface area contributed by atoms with Crippen LogP contribution >= 0.6 is 0 Å². The zero-order valence-electron chi connectivity index (χ0n) is 6.37. The van der Waals surface area contributed by atoms with Gasteiger partial charge in [0.05, 0.1) is 5.56 Å². The van der Waals surface area contributed by atoms with E-state index in [1.807, 2.05) is 0 Å². The lowest BCUT2D eigenvalue weighted by Crippen LogP contribution is -2.32. The van der Waals surface area contributed by atoms with Gasteiger partial charge in [0.15, 0.2) is 0 Å². The number of rotatable bonds is 1. The summed E-state index contributed by atoms with van der Waals surface area (Å²) in [6.45, 7) is 7.09. The van der Waals surface area contributed by atoms with Crippen LogP contribution in [0.25, 0.3) is 13.2 Å². The zero-order valence-corrected chi connectivity index (χ0v) is 6.37. The summed E-state index contributed by atoms with van der Waals surface area (Å²) in [5, 5.41) is 9.32. The molecular formula is C8H8N2O2. The first kappa shape index (κ1) is 8.26. The maximum Gasteiger partial charge on any atom is 0.337 e. The Hall–Kier alpha value is -1.84. The number of nitrogen functional groups attached to an aromatic ring is 1. The van der Waals surface area contributed by atoms with Crippen LogP contribution in [0, 0.1) is 0 Å². The summed E-state index contributed by atoms with van der Waals surface area (Å²) in [5.41, 5.74) is 5.42. The Bertz CT molecular complexity index is 425. The van der Waals surface area contributed by atoms with Gasteiger partial charge in [-0.05, 0) is 5.22 Å². The first-order valence-corrected chi connectivity index (χ1v) is 3.19. The Morgan fingerprint density at radius 2 is 2.08 bits per heavy atom. The van der Waals surface area contributed by atoms with Gasteiger partial charge in [0.25, 0.3) is 0 Å². The second-order valence-electron chi connectivity index (χ2n) is 2.32. The molecule has 1 heterocycles. The highest BCUT2D eigenvalue weighted by molar-refractivity contribution is 5.87. The summed E-state index contributed by atoms with van der Waals surface area (Å²) in [4.78, 5) is 14.2. The first-order valence-electron chi connectivity index (χ1n) is 3.19. The van der Waals surface area contributed by atoms with Gasteiger partial charge in [-0.25, -0.2) is 9.78 Å². The molecule has 12 heavy (non-hydrogen) atoms. The average molecular weight is 164 g/mol. The van der Waals surface area contributed by atoms with Gasteiger partial charge in [-0.2, -0.15) is 0 Å². The van der Waals surface area contributed by atoms with Crippen LogP contribution in [0.15, 0.2) is 6.20 Å². The minimum Gasteiger partial charge on any atom is -0.478 e. The summed E-state index contributed by atoms with van der Waals surface area (Å²) < 4.78 is 0. The van der Waals surface area contributed by atoms with E-state index in [0.29, 0.717) is 10.4 Å². The Morgan fingerprint density at radius 3 is 2.58 bits per heavy atom. The summed E-state index contributed by atoms with van der Waals surface area (Å²) >= 11 is 0. The van der Waals surface area contributed by atoms with Gasteiger partial charge < -0.3 is 10.8 Å². The molecule has 0 unspecified atom stereocenters. The van der Waals surface area contributed by atoms with Gasteiger partial charge in [0.2, 0.25) is 0 Å². The highest BCUT2D eigenvalue weighted by Crippen LogP contribution is 1.87. The van der Waals surface area contributed by atoms with Crippen LogP contribution < -0.4 is 16.2 Å². The number of hydrogen-bond donors (Lipinski definition) is 2. The van der Waals surface area contributed by atoms with Gasteiger partial charge in [0.1, 0.15) is 5.82 Å². The molecule has 0 saturated carbocycles. The van der Waals surface area contributed by atoms with Crippen molar-refractivity contribution >= 4 is 24.9 Å². The molecule has 0 atom stereocenters. The Morgan fingerprint density at radius 1 is 1.50 bits per heavy atom. The van der Waals surface area contributed by atoms with Crippen LogP contribution in [0.1, 0.15) is 10.4 Å². The number of carbonyl (C=O) groups is 1. The minimum atomic E-state index is -1.07. The van der Waals surface area contributed by atoms with Crippen molar-refractivity contribution in [3.63, 3.8) is 0 Å². The number of carboxylic acid groups (broad SMARTS) is 1. The van der Waals surface area contributed by atoms with E-state index in [1.165, 1.54) is 6.20 Å². The number of aromatic carboxylic acids is 1. The van der Waals surface area contributed by atoms with Crippen LogP contribution in [0.3, 0.4) is 0 Å².